The molecule has 1 aromatic rings. The maximum atomic E-state index is 12.0. The lowest BCUT2D eigenvalue weighted by molar-refractivity contribution is 0.0945. The molecule has 0 aliphatic heterocycles. The minimum Gasteiger partial charge on any atom is -0.352 e. The van der Waals surface area contributed by atoms with Crippen LogP contribution in [-0.2, 0) is 0 Å². The third-order valence-corrected chi connectivity index (χ3v) is 5.20. The van der Waals surface area contributed by atoms with Crippen LogP contribution in [0.3, 0.4) is 0 Å². The number of rotatable bonds is 4. The summed E-state index contributed by atoms with van der Waals surface area (Å²) in [5.41, 5.74) is 0.754. The topological polar surface area (TPSA) is 29.1 Å². The summed E-state index contributed by atoms with van der Waals surface area (Å²) in [5.74, 6) is 1.41. The van der Waals surface area contributed by atoms with E-state index in [4.69, 9.17) is 0 Å². The summed E-state index contributed by atoms with van der Waals surface area (Å²) in [6.45, 7) is 0.807. The molecule has 0 saturated heterocycles. The van der Waals surface area contributed by atoms with Gasteiger partial charge in [-0.25, -0.2) is 0 Å². The normalized spacial score (nSPS) is 23.0. The van der Waals surface area contributed by atoms with Gasteiger partial charge < -0.3 is 5.32 Å². The molecule has 1 aliphatic carbocycles. The number of carbonyl (C=O) groups is 1. The number of halogens is 2. The molecular weight excluding hydrogens is 405 g/mol. The Morgan fingerprint density at radius 1 is 1.28 bits per heavy atom. The molecular formula is C14H17BrINO. The van der Waals surface area contributed by atoms with Gasteiger partial charge in [0.15, 0.2) is 0 Å². The summed E-state index contributed by atoms with van der Waals surface area (Å²) >= 11 is 5.81. The van der Waals surface area contributed by atoms with Crippen LogP contribution < -0.4 is 5.32 Å². The highest BCUT2D eigenvalue weighted by atomic mass is 127. The van der Waals surface area contributed by atoms with E-state index in [-0.39, 0.29) is 5.91 Å². The quantitative estimate of drug-likeness (QED) is 0.580. The van der Waals surface area contributed by atoms with Crippen molar-refractivity contribution >= 4 is 44.4 Å². The summed E-state index contributed by atoms with van der Waals surface area (Å²) in [6, 6.07) is 7.69. The average molecular weight is 422 g/mol. The van der Waals surface area contributed by atoms with Crippen molar-refractivity contribution in [1.29, 1.82) is 0 Å². The molecule has 1 aliphatic rings. The van der Waals surface area contributed by atoms with E-state index in [2.05, 4.69) is 43.8 Å². The fourth-order valence-corrected chi connectivity index (χ4v) is 3.72. The van der Waals surface area contributed by atoms with Gasteiger partial charge in [0.1, 0.15) is 0 Å². The molecule has 2 atom stereocenters. The summed E-state index contributed by atoms with van der Waals surface area (Å²) in [4.78, 5) is 12.0. The van der Waals surface area contributed by atoms with Crippen LogP contribution in [0, 0.1) is 15.4 Å². The molecule has 98 valence electrons. The number of amides is 1. The van der Waals surface area contributed by atoms with Crippen molar-refractivity contribution in [2.75, 3.05) is 11.9 Å². The number of benzene rings is 1. The second-order valence-corrected chi connectivity index (χ2v) is 6.72. The monoisotopic (exact) mass is 421 g/mol. The Balaban J connectivity index is 1.86. The van der Waals surface area contributed by atoms with Gasteiger partial charge in [0, 0.05) is 21.0 Å². The van der Waals surface area contributed by atoms with Crippen molar-refractivity contribution in [2.45, 2.75) is 19.3 Å². The fourth-order valence-electron chi connectivity index (χ4n) is 2.51. The molecule has 4 heteroatoms. The summed E-state index contributed by atoms with van der Waals surface area (Å²) < 4.78 is 1.15. The Morgan fingerprint density at radius 3 is 2.61 bits per heavy atom. The molecule has 0 aromatic heterocycles. The molecule has 0 bridgehead atoms. The lowest BCUT2D eigenvalue weighted by Crippen LogP contribution is -2.31. The zero-order chi connectivity index (χ0) is 13.0. The van der Waals surface area contributed by atoms with Crippen molar-refractivity contribution in [3.8, 4) is 0 Å². The SMILES string of the molecule is O=C(NCC1CCCC1CBr)c1ccc(I)cc1. The van der Waals surface area contributed by atoms with E-state index in [0.717, 1.165) is 26.9 Å². The van der Waals surface area contributed by atoms with Crippen LogP contribution in [0.2, 0.25) is 0 Å². The minimum atomic E-state index is 0.0478. The predicted molar refractivity (Wildman–Crippen MR) is 86.1 cm³/mol. The number of hydrogen-bond donors (Lipinski definition) is 1. The molecule has 2 unspecified atom stereocenters. The van der Waals surface area contributed by atoms with Gasteiger partial charge in [-0.1, -0.05) is 22.4 Å². The van der Waals surface area contributed by atoms with Crippen LogP contribution in [0.1, 0.15) is 29.6 Å². The van der Waals surface area contributed by atoms with E-state index >= 15 is 0 Å². The van der Waals surface area contributed by atoms with E-state index in [1.165, 1.54) is 19.3 Å². The van der Waals surface area contributed by atoms with Gasteiger partial charge in [-0.2, -0.15) is 0 Å². The number of nitrogens with one attached hydrogen (secondary N) is 1. The van der Waals surface area contributed by atoms with Crippen LogP contribution in [0.25, 0.3) is 0 Å². The van der Waals surface area contributed by atoms with Crippen molar-refractivity contribution in [1.82, 2.24) is 5.32 Å². The Bertz CT molecular complexity index is 407. The van der Waals surface area contributed by atoms with Crippen LogP contribution in [0.4, 0.5) is 0 Å². The van der Waals surface area contributed by atoms with Crippen LogP contribution in [-0.4, -0.2) is 17.8 Å². The van der Waals surface area contributed by atoms with E-state index in [1.807, 2.05) is 24.3 Å². The van der Waals surface area contributed by atoms with E-state index < -0.39 is 0 Å². The Kier molecular flexibility index (Phi) is 5.48. The van der Waals surface area contributed by atoms with Gasteiger partial charge in [-0.15, -0.1) is 0 Å². The molecule has 18 heavy (non-hydrogen) atoms. The third-order valence-electron chi connectivity index (χ3n) is 3.65. The van der Waals surface area contributed by atoms with Crippen LogP contribution >= 0.6 is 38.5 Å². The van der Waals surface area contributed by atoms with Gasteiger partial charge in [-0.3, -0.25) is 4.79 Å². The molecule has 2 nitrogen and oxygen atoms in total. The van der Waals surface area contributed by atoms with Gasteiger partial charge in [-0.05, 0) is 71.5 Å². The first-order valence-corrected chi connectivity index (χ1v) is 8.50. The second-order valence-electron chi connectivity index (χ2n) is 4.82. The number of carbonyl (C=O) groups excluding carboxylic acids is 1. The van der Waals surface area contributed by atoms with Gasteiger partial charge in [0.2, 0.25) is 0 Å². The zero-order valence-electron chi connectivity index (χ0n) is 10.2. The molecule has 0 heterocycles. The largest absolute Gasteiger partial charge is 0.352 e. The third kappa shape index (κ3) is 3.70. The lowest BCUT2D eigenvalue weighted by Gasteiger charge is -2.17. The first-order valence-electron chi connectivity index (χ1n) is 6.30. The highest BCUT2D eigenvalue weighted by Crippen LogP contribution is 2.32. The highest BCUT2D eigenvalue weighted by molar-refractivity contribution is 14.1. The zero-order valence-corrected chi connectivity index (χ0v) is 13.9. The van der Waals surface area contributed by atoms with Crippen molar-refractivity contribution in [3.05, 3.63) is 33.4 Å². The highest BCUT2D eigenvalue weighted by Gasteiger charge is 2.26. The predicted octanol–water partition coefficient (Wildman–Crippen LogP) is 3.83. The molecule has 1 aromatic carbocycles. The van der Waals surface area contributed by atoms with Crippen molar-refractivity contribution in [2.24, 2.45) is 11.8 Å². The fraction of sp³-hybridized carbons (Fsp3) is 0.500. The van der Waals surface area contributed by atoms with E-state index in [1.54, 1.807) is 0 Å². The molecule has 2 rings (SSSR count). The Morgan fingerprint density at radius 2 is 1.94 bits per heavy atom. The Hall–Kier alpha value is -0.100. The maximum Gasteiger partial charge on any atom is 0.251 e. The molecule has 0 radical (unpaired) electrons. The van der Waals surface area contributed by atoms with Gasteiger partial charge in [0.05, 0.1) is 0 Å². The standard InChI is InChI=1S/C14H17BrINO/c15-8-11-2-1-3-12(11)9-17-14(18)10-4-6-13(16)7-5-10/h4-7,11-12H,1-3,8-9H2,(H,17,18). The molecule has 1 fully saturated rings. The number of hydrogen-bond acceptors (Lipinski definition) is 1. The summed E-state index contributed by atoms with van der Waals surface area (Å²) in [7, 11) is 0. The molecule has 1 N–H and O–H groups in total. The van der Waals surface area contributed by atoms with E-state index in [9.17, 15) is 4.79 Å². The second kappa shape index (κ2) is 6.89. The summed E-state index contributed by atoms with van der Waals surface area (Å²) in [5, 5.41) is 4.12. The first-order chi connectivity index (χ1) is 8.70. The number of alkyl halides is 1. The lowest BCUT2D eigenvalue weighted by atomic mass is 9.98. The van der Waals surface area contributed by atoms with Crippen LogP contribution in [0.15, 0.2) is 24.3 Å². The van der Waals surface area contributed by atoms with Gasteiger partial charge >= 0.3 is 0 Å². The molecule has 1 saturated carbocycles. The molecule has 1 amide bonds. The van der Waals surface area contributed by atoms with Crippen molar-refractivity contribution in [3.63, 3.8) is 0 Å². The van der Waals surface area contributed by atoms with Crippen LogP contribution in [0.5, 0.6) is 0 Å². The first kappa shape index (κ1) is 14.3. The minimum absolute atomic E-state index is 0.0478. The average Bonchev–Trinajstić information content (AvgIpc) is 2.84. The maximum absolute atomic E-state index is 12.0. The van der Waals surface area contributed by atoms with Gasteiger partial charge in [0.25, 0.3) is 5.91 Å². The molecule has 0 spiro atoms. The van der Waals surface area contributed by atoms with E-state index in [0.29, 0.717) is 5.92 Å². The van der Waals surface area contributed by atoms with Crippen molar-refractivity contribution < 1.29 is 4.79 Å². The summed E-state index contributed by atoms with van der Waals surface area (Å²) in [6.07, 6.45) is 3.82. The Labute approximate surface area is 130 Å². The smallest absolute Gasteiger partial charge is 0.251 e.